The van der Waals surface area contributed by atoms with Gasteiger partial charge in [0, 0.05) is 35.8 Å². The van der Waals surface area contributed by atoms with Crippen LogP contribution in [0.5, 0.6) is 23.0 Å². The Balaban J connectivity index is 1.48. The lowest BCUT2D eigenvalue weighted by atomic mass is 10.2. The minimum atomic E-state index is -0.293. The molecule has 4 aromatic rings. The van der Waals surface area contributed by atoms with Gasteiger partial charge in [0.25, 0.3) is 5.91 Å². The Kier molecular flexibility index (Phi) is 6.35. The topological polar surface area (TPSA) is 83.3 Å². The van der Waals surface area contributed by atoms with Crippen LogP contribution in [0.2, 0.25) is 0 Å². The van der Waals surface area contributed by atoms with E-state index in [-0.39, 0.29) is 5.91 Å². The molecule has 1 N–H and O–H groups in total. The molecule has 0 unspecified atom stereocenters. The van der Waals surface area contributed by atoms with E-state index in [1.165, 1.54) is 21.3 Å². The maximum absolute atomic E-state index is 12.9. The molecule has 0 aliphatic rings. The number of fused-ring (bicyclic) bond motifs is 1. The zero-order valence-corrected chi connectivity index (χ0v) is 18.9. The van der Waals surface area contributed by atoms with Crippen LogP contribution in [0.25, 0.3) is 5.65 Å². The second-order valence-corrected chi connectivity index (χ2v) is 7.34. The summed E-state index contributed by atoms with van der Waals surface area (Å²) >= 11 is 0. The molecular weight excluding hydrogens is 422 g/mol. The summed E-state index contributed by atoms with van der Waals surface area (Å²) in [6.07, 6.45) is 3.89. The third-order valence-electron chi connectivity index (χ3n) is 5.13. The molecule has 2 heterocycles. The molecule has 170 valence electrons. The number of anilines is 1. The smallest absolute Gasteiger partial charge is 0.255 e. The number of nitrogens with one attached hydrogen (secondary N) is 1. The molecule has 0 saturated heterocycles. The Morgan fingerprint density at radius 2 is 1.76 bits per heavy atom. The fourth-order valence-electron chi connectivity index (χ4n) is 3.51. The maximum atomic E-state index is 12.9. The van der Waals surface area contributed by atoms with Crippen molar-refractivity contribution in [1.82, 2.24) is 9.38 Å². The molecule has 8 nitrogen and oxygen atoms in total. The van der Waals surface area contributed by atoms with E-state index >= 15 is 0 Å². The van der Waals surface area contributed by atoms with Gasteiger partial charge in [0.1, 0.15) is 18.0 Å². The molecule has 0 saturated carbocycles. The molecule has 0 aliphatic carbocycles. The van der Waals surface area contributed by atoms with E-state index in [0.717, 1.165) is 16.9 Å². The Labute approximate surface area is 191 Å². The van der Waals surface area contributed by atoms with Crippen molar-refractivity contribution in [3.05, 3.63) is 77.7 Å². The molecule has 0 radical (unpaired) electrons. The zero-order valence-electron chi connectivity index (χ0n) is 18.9. The number of pyridine rings is 1. The molecule has 0 fully saturated rings. The number of aryl methyl sites for hydroxylation is 1. The van der Waals surface area contributed by atoms with Crippen molar-refractivity contribution in [2.75, 3.05) is 26.6 Å². The van der Waals surface area contributed by atoms with Crippen molar-refractivity contribution >= 4 is 17.2 Å². The number of carbonyl (C=O) groups excluding carboxylic acids is 1. The molecule has 2 aromatic carbocycles. The first-order chi connectivity index (χ1) is 16.0. The number of nitrogens with zero attached hydrogens (tertiary/aromatic N) is 2. The molecule has 0 aliphatic heterocycles. The van der Waals surface area contributed by atoms with Gasteiger partial charge in [-0.15, -0.1) is 0 Å². The van der Waals surface area contributed by atoms with Gasteiger partial charge in [-0.05, 0) is 36.8 Å². The van der Waals surface area contributed by atoms with Gasteiger partial charge in [-0.1, -0.05) is 12.1 Å². The van der Waals surface area contributed by atoms with E-state index in [2.05, 4.69) is 10.3 Å². The van der Waals surface area contributed by atoms with E-state index in [1.807, 2.05) is 35.9 Å². The Morgan fingerprint density at radius 1 is 1.00 bits per heavy atom. The van der Waals surface area contributed by atoms with Gasteiger partial charge in [0.2, 0.25) is 5.75 Å². The average Bonchev–Trinajstić information content (AvgIpc) is 3.27. The van der Waals surface area contributed by atoms with Crippen molar-refractivity contribution in [1.29, 1.82) is 0 Å². The highest BCUT2D eigenvalue weighted by Crippen LogP contribution is 2.40. The fraction of sp³-hybridized carbons (Fsp3) is 0.200. The summed E-state index contributed by atoms with van der Waals surface area (Å²) in [5.74, 6) is 1.63. The van der Waals surface area contributed by atoms with Crippen LogP contribution in [0, 0.1) is 6.92 Å². The van der Waals surface area contributed by atoms with Crippen LogP contribution in [-0.2, 0) is 6.61 Å². The first kappa shape index (κ1) is 22.0. The van der Waals surface area contributed by atoms with E-state index in [9.17, 15) is 4.79 Å². The van der Waals surface area contributed by atoms with Gasteiger partial charge >= 0.3 is 0 Å². The lowest BCUT2D eigenvalue weighted by Gasteiger charge is -2.14. The third-order valence-corrected chi connectivity index (χ3v) is 5.13. The number of aromatic nitrogens is 2. The normalized spacial score (nSPS) is 10.7. The highest BCUT2D eigenvalue weighted by molar-refractivity contribution is 6.04. The lowest BCUT2D eigenvalue weighted by molar-refractivity contribution is 0.102. The van der Waals surface area contributed by atoms with Crippen LogP contribution in [0.1, 0.15) is 21.6 Å². The summed E-state index contributed by atoms with van der Waals surface area (Å²) < 4.78 is 23.9. The van der Waals surface area contributed by atoms with Crippen LogP contribution < -0.4 is 24.3 Å². The monoisotopic (exact) mass is 447 g/mol. The van der Waals surface area contributed by atoms with Crippen LogP contribution in [0.4, 0.5) is 5.69 Å². The maximum Gasteiger partial charge on any atom is 0.255 e. The van der Waals surface area contributed by atoms with Crippen LogP contribution >= 0.6 is 0 Å². The first-order valence-corrected chi connectivity index (χ1v) is 10.3. The summed E-state index contributed by atoms with van der Waals surface area (Å²) in [5.41, 5.74) is 3.76. The minimum Gasteiger partial charge on any atom is -0.493 e. The van der Waals surface area contributed by atoms with Gasteiger partial charge < -0.3 is 28.7 Å². The summed E-state index contributed by atoms with van der Waals surface area (Å²) in [6, 6.07) is 14.3. The second-order valence-electron chi connectivity index (χ2n) is 7.34. The first-order valence-electron chi connectivity index (χ1n) is 10.3. The van der Waals surface area contributed by atoms with Crippen LogP contribution in [0.15, 0.2) is 60.9 Å². The standard InChI is InChI=1S/C25H25N3O5/c1-16-7-6-10-28-14-19(26-24(16)28)15-33-20-9-5-8-17(11-20)25(29)27-18-12-21(30-2)23(32-4)22(13-18)31-3/h5-14H,15H2,1-4H3,(H,27,29). The van der Waals surface area contributed by atoms with Crippen LogP contribution in [-0.4, -0.2) is 36.6 Å². The summed E-state index contributed by atoms with van der Waals surface area (Å²) in [5, 5.41) is 2.86. The van der Waals surface area contributed by atoms with E-state index in [1.54, 1.807) is 36.4 Å². The number of amides is 1. The molecule has 0 spiro atoms. The number of methoxy groups -OCH3 is 3. The summed E-state index contributed by atoms with van der Waals surface area (Å²) in [4.78, 5) is 17.5. The Bertz CT molecular complexity index is 1270. The number of imidazole rings is 1. The van der Waals surface area contributed by atoms with Crippen molar-refractivity contribution < 1.29 is 23.7 Å². The van der Waals surface area contributed by atoms with Gasteiger partial charge in [0.05, 0.1) is 27.0 Å². The predicted molar refractivity (Wildman–Crippen MR) is 125 cm³/mol. The number of rotatable bonds is 8. The largest absolute Gasteiger partial charge is 0.493 e. The van der Waals surface area contributed by atoms with Crippen molar-refractivity contribution in [3.63, 3.8) is 0 Å². The quantitative estimate of drug-likeness (QED) is 0.428. The predicted octanol–water partition coefficient (Wildman–Crippen LogP) is 4.50. The van der Waals surface area contributed by atoms with Gasteiger partial charge in [0.15, 0.2) is 11.5 Å². The Morgan fingerprint density at radius 3 is 2.42 bits per heavy atom. The van der Waals surface area contributed by atoms with E-state index in [0.29, 0.717) is 40.9 Å². The number of hydrogen-bond acceptors (Lipinski definition) is 6. The van der Waals surface area contributed by atoms with Gasteiger partial charge in [-0.2, -0.15) is 0 Å². The highest BCUT2D eigenvalue weighted by Gasteiger charge is 2.15. The van der Waals surface area contributed by atoms with Crippen LogP contribution in [0.3, 0.4) is 0 Å². The van der Waals surface area contributed by atoms with Crippen molar-refractivity contribution in [2.45, 2.75) is 13.5 Å². The van der Waals surface area contributed by atoms with Gasteiger partial charge in [-0.25, -0.2) is 4.98 Å². The molecule has 8 heteroatoms. The van der Waals surface area contributed by atoms with E-state index < -0.39 is 0 Å². The van der Waals surface area contributed by atoms with Crippen molar-refractivity contribution in [2.24, 2.45) is 0 Å². The summed E-state index contributed by atoms with van der Waals surface area (Å²) in [6.45, 7) is 2.31. The average molecular weight is 447 g/mol. The molecule has 33 heavy (non-hydrogen) atoms. The number of carbonyl (C=O) groups is 1. The highest BCUT2D eigenvalue weighted by atomic mass is 16.5. The minimum absolute atomic E-state index is 0.291. The second kappa shape index (κ2) is 9.52. The molecular formula is C25H25N3O5. The molecule has 4 rings (SSSR count). The molecule has 2 aromatic heterocycles. The summed E-state index contributed by atoms with van der Waals surface area (Å²) in [7, 11) is 4.57. The lowest BCUT2D eigenvalue weighted by Crippen LogP contribution is -2.12. The number of hydrogen-bond donors (Lipinski definition) is 1. The SMILES string of the molecule is COc1cc(NC(=O)c2cccc(OCc3cn4cccc(C)c4n3)c2)cc(OC)c1OC. The van der Waals surface area contributed by atoms with Gasteiger partial charge in [-0.3, -0.25) is 4.79 Å². The number of benzene rings is 2. The fourth-order valence-corrected chi connectivity index (χ4v) is 3.51. The molecule has 0 atom stereocenters. The third kappa shape index (κ3) is 4.69. The number of ether oxygens (including phenoxy) is 4. The van der Waals surface area contributed by atoms with E-state index in [4.69, 9.17) is 18.9 Å². The molecule has 0 bridgehead atoms. The van der Waals surface area contributed by atoms with Crippen molar-refractivity contribution in [3.8, 4) is 23.0 Å². The Hall–Kier alpha value is -4.20. The molecule has 1 amide bonds. The zero-order chi connectivity index (χ0) is 23.4.